The average molecular weight is 357 g/mol. The molecule has 0 aliphatic rings. The molecular weight excluding hydrogens is 338 g/mol. The van der Waals surface area contributed by atoms with Crippen molar-refractivity contribution in [2.75, 3.05) is 14.2 Å². The highest BCUT2D eigenvalue weighted by atomic mass is 32.2. The number of methoxy groups -OCH3 is 1. The minimum absolute atomic E-state index is 0.230. The predicted octanol–water partition coefficient (Wildman–Crippen LogP) is 2.55. The third-order valence-electron chi connectivity index (χ3n) is 4.05. The number of nitrogens with zero attached hydrogens (tertiary/aromatic N) is 2. The van der Waals surface area contributed by atoms with Crippen LogP contribution in [-0.2, 0) is 16.8 Å². The molecule has 0 spiro atoms. The van der Waals surface area contributed by atoms with Crippen molar-refractivity contribution in [3.63, 3.8) is 0 Å². The molecule has 0 aliphatic carbocycles. The second-order valence-electron chi connectivity index (χ2n) is 5.74. The van der Waals surface area contributed by atoms with E-state index in [1.54, 1.807) is 13.3 Å². The molecule has 0 bridgehead atoms. The highest BCUT2D eigenvalue weighted by Gasteiger charge is 2.12. The highest BCUT2D eigenvalue weighted by molar-refractivity contribution is 7.86. The Morgan fingerprint density at radius 3 is 2.48 bits per heavy atom. The SMILES string of the molecule is COc1ccc2c(-c3ccc(CN(C)S(N)(=O)=O)cc3)ccnc2c1. The van der Waals surface area contributed by atoms with Crippen LogP contribution < -0.4 is 9.88 Å². The molecule has 1 heterocycles. The maximum Gasteiger partial charge on any atom is 0.276 e. The summed E-state index contributed by atoms with van der Waals surface area (Å²) in [6.07, 6.45) is 1.76. The molecule has 1 aromatic heterocycles. The zero-order chi connectivity index (χ0) is 18.0. The quantitative estimate of drug-likeness (QED) is 0.760. The average Bonchev–Trinajstić information content (AvgIpc) is 2.60. The topological polar surface area (TPSA) is 85.5 Å². The van der Waals surface area contributed by atoms with E-state index in [1.807, 2.05) is 48.5 Å². The fraction of sp³-hybridized carbons (Fsp3) is 0.167. The molecule has 0 aliphatic heterocycles. The summed E-state index contributed by atoms with van der Waals surface area (Å²) in [5.74, 6) is 0.763. The van der Waals surface area contributed by atoms with Gasteiger partial charge in [0, 0.05) is 31.2 Å². The van der Waals surface area contributed by atoms with Crippen LogP contribution in [0.1, 0.15) is 5.56 Å². The van der Waals surface area contributed by atoms with Gasteiger partial charge in [-0.1, -0.05) is 24.3 Å². The van der Waals surface area contributed by atoms with Gasteiger partial charge < -0.3 is 4.74 Å². The van der Waals surface area contributed by atoms with Crippen LogP contribution in [0.15, 0.2) is 54.7 Å². The van der Waals surface area contributed by atoms with E-state index in [0.29, 0.717) is 0 Å². The van der Waals surface area contributed by atoms with E-state index in [4.69, 9.17) is 9.88 Å². The minimum atomic E-state index is -3.69. The number of rotatable bonds is 5. The van der Waals surface area contributed by atoms with Gasteiger partial charge >= 0.3 is 0 Å². The van der Waals surface area contributed by atoms with Gasteiger partial charge in [0.1, 0.15) is 5.75 Å². The van der Waals surface area contributed by atoms with Crippen LogP contribution in [0, 0.1) is 0 Å². The molecule has 2 aromatic carbocycles. The smallest absolute Gasteiger partial charge is 0.276 e. The van der Waals surface area contributed by atoms with Crippen LogP contribution in [0.5, 0.6) is 5.75 Å². The van der Waals surface area contributed by atoms with Crippen LogP contribution in [-0.4, -0.2) is 31.9 Å². The molecule has 0 fully saturated rings. The van der Waals surface area contributed by atoms with Crippen molar-refractivity contribution in [1.82, 2.24) is 9.29 Å². The standard InChI is InChI=1S/C18H19N3O3S/c1-21(25(19,22)23)12-13-3-5-14(6-4-13)16-9-10-20-18-11-15(24-2)7-8-17(16)18/h3-11H,12H2,1-2H3,(H2,19,22,23). The van der Waals surface area contributed by atoms with E-state index in [9.17, 15) is 8.42 Å². The summed E-state index contributed by atoms with van der Waals surface area (Å²) < 4.78 is 29.0. The molecule has 0 amide bonds. The molecule has 0 atom stereocenters. The number of aromatic nitrogens is 1. The summed E-state index contributed by atoms with van der Waals surface area (Å²) in [6.45, 7) is 0.230. The first-order chi connectivity index (χ1) is 11.9. The summed E-state index contributed by atoms with van der Waals surface area (Å²) in [4.78, 5) is 4.39. The van der Waals surface area contributed by atoms with Gasteiger partial charge in [-0.25, -0.2) is 5.14 Å². The van der Waals surface area contributed by atoms with E-state index in [0.717, 1.165) is 37.6 Å². The molecular formula is C18H19N3O3S. The van der Waals surface area contributed by atoms with Gasteiger partial charge in [0.05, 0.1) is 12.6 Å². The molecule has 6 nitrogen and oxygen atoms in total. The Kier molecular flexibility index (Phi) is 4.71. The van der Waals surface area contributed by atoms with Crippen molar-refractivity contribution >= 4 is 21.1 Å². The lowest BCUT2D eigenvalue weighted by Gasteiger charge is -2.14. The third-order valence-corrected chi connectivity index (χ3v) is 5.05. The number of ether oxygens (including phenoxy) is 1. The first-order valence-electron chi connectivity index (χ1n) is 7.64. The summed E-state index contributed by atoms with van der Waals surface area (Å²) in [5, 5.41) is 6.14. The van der Waals surface area contributed by atoms with Crippen molar-refractivity contribution in [3.05, 3.63) is 60.3 Å². The summed E-state index contributed by atoms with van der Waals surface area (Å²) >= 11 is 0. The number of hydrogen-bond donors (Lipinski definition) is 1. The second-order valence-corrected chi connectivity index (χ2v) is 7.39. The molecule has 2 N–H and O–H groups in total. The monoisotopic (exact) mass is 357 g/mol. The summed E-state index contributed by atoms with van der Waals surface area (Å²) in [5.41, 5.74) is 3.80. The normalized spacial score (nSPS) is 11.8. The van der Waals surface area contributed by atoms with Crippen molar-refractivity contribution in [2.24, 2.45) is 5.14 Å². The number of nitrogens with two attached hydrogens (primary N) is 1. The van der Waals surface area contributed by atoms with E-state index in [-0.39, 0.29) is 6.54 Å². The fourth-order valence-corrected chi connectivity index (χ4v) is 2.97. The van der Waals surface area contributed by atoms with Crippen molar-refractivity contribution in [3.8, 4) is 16.9 Å². The first kappa shape index (κ1) is 17.3. The number of hydrogen-bond acceptors (Lipinski definition) is 4. The maximum atomic E-state index is 11.3. The lowest BCUT2D eigenvalue weighted by atomic mass is 10.00. The van der Waals surface area contributed by atoms with Gasteiger partial charge in [0.2, 0.25) is 0 Å². The molecule has 3 aromatic rings. The number of pyridine rings is 1. The van der Waals surface area contributed by atoms with Crippen LogP contribution >= 0.6 is 0 Å². The fourth-order valence-electron chi connectivity index (χ4n) is 2.64. The molecule has 0 radical (unpaired) electrons. The van der Waals surface area contributed by atoms with Crippen LogP contribution in [0.2, 0.25) is 0 Å². The van der Waals surface area contributed by atoms with E-state index in [1.165, 1.54) is 7.05 Å². The van der Waals surface area contributed by atoms with Gasteiger partial charge in [0.15, 0.2) is 0 Å². The van der Waals surface area contributed by atoms with E-state index in [2.05, 4.69) is 4.98 Å². The number of fused-ring (bicyclic) bond motifs is 1. The lowest BCUT2D eigenvalue weighted by Crippen LogP contribution is -2.32. The second kappa shape index (κ2) is 6.79. The lowest BCUT2D eigenvalue weighted by molar-refractivity contribution is 0.415. The largest absolute Gasteiger partial charge is 0.497 e. The Hall–Kier alpha value is -2.48. The number of benzene rings is 2. The van der Waals surface area contributed by atoms with Gasteiger partial charge in [-0.05, 0) is 34.9 Å². The van der Waals surface area contributed by atoms with Gasteiger partial charge in [-0.2, -0.15) is 12.7 Å². The third kappa shape index (κ3) is 3.79. The van der Waals surface area contributed by atoms with Gasteiger partial charge in [0.25, 0.3) is 10.2 Å². The predicted molar refractivity (Wildman–Crippen MR) is 98.3 cm³/mol. The summed E-state index contributed by atoms with van der Waals surface area (Å²) in [6, 6.07) is 15.5. The van der Waals surface area contributed by atoms with Gasteiger partial charge in [-0.15, -0.1) is 0 Å². The Morgan fingerprint density at radius 1 is 1.12 bits per heavy atom. The van der Waals surface area contributed by atoms with Crippen LogP contribution in [0.3, 0.4) is 0 Å². The molecule has 0 unspecified atom stereocenters. The maximum absolute atomic E-state index is 11.3. The van der Waals surface area contributed by atoms with E-state index >= 15 is 0 Å². The zero-order valence-electron chi connectivity index (χ0n) is 14.0. The molecule has 0 saturated heterocycles. The van der Waals surface area contributed by atoms with Crippen molar-refractivity contribution in [2.45, 2.75) is 6.54 Å². The Bertz CT molecular complexity index is 1000. The highest BCUT2D eigenvalue weighted by Crippen LogP contribution is 2.29. The van der Waals surface area contributed by atoms with Crippen molar-refractivity contribution in [1.29, 1.82) is 0 Å². The Balaban J connectivity index is 1.94. The first-order valence-corrected chi connectivity index (χ1v) is 9.15. The molecule has 7 heteroatoms. The van der Waals surface area contributed by atoms with Crippen molar-refractivity contribution < 1.29 is 13.2 Å². The Labute approximate surface area is 147 Å². The molecule has 3 rings (SSSR count). The molecule has 130 valence electrons. The summed E-state index contributed by atoms with van der Waals surface area (Å²) in [7, 11) is -0.607. The zero-order valence-corrected chi connectivity index (χ0v) is 14.8. The Morgan fingerprint density at radius 2 is 1.84 bits per heavy atom. The van der Waals surface area contributed by atoms with Crippen LogP contribution in [0.25, 0.3) is 22.0 Å². The molecule has 25 heavy (non-hydrogen) atoms. The van der Waals surface area contributed by atoms with Gasteiger partial charge in [-0.3, -0.25) is 4.98 Å². The molecule has 0 saturated carbocycles. The minimum Gasteiger partial charge on any atom is -0.497 e. The van der Waals surface area contributed by atoms with E-state index < -0.39 is 10.2 Å². The van der Waals surface area contributed by atoms with Crippen LogP contribution in [0.4, 0.5) is 0 Å².